The van der Waals surface area contributed by atoms with E-state index < -0.39 is 0 Å². The molecule has 0 spiro atoms. The van der Waals surface area contributed by atoms with Gasteiger partial charge in [-0.1, -0.05) is 20.8 Å². The summed E-state index contributed by atoms with van der Waals surface area (Å²) in [6, 6.07) is 0. The Balaban J connectivity index is 2.69. The van der Waals surface area contributed by atoms with Gasteiger partial charge in [-0.2, -0.15) is 0 Å². The fraction of sp³-hybridized carbons (Fsp3) is 0.750. The van der Waals surface area contributed by atoms with Gasteiger partial charge in [0.15, 0.2) is 0 Å². The fourth-order valence-electron chi connectivity index (χ4n) is 2.06. The summed E-state index contributed by atoms with van der Waals surface area (Å²) in [5.41, 5.74) is 4.79. The zero-order valence-corrected chi connectivity index (χ0v) is 8.72. The van der Waals surface area contributed by atoms with Gasteiger partial charge in [-0.3, -0.25) is 0 Å². The summed E-state index contributed by atoms with van der Waals surface area (Å²) in [5, 5.41) is 0. The largest absolute Gasteiger partial charge is 0.126 e. The van der Waals surface area contributed by atoms with Gasteiger partial charge in [-0.05, 0) is 49.2 Å². The standard InChI is InChI=1S/C12H20/c1-9(2)12-8-6-10(3)5-7-11(12)4/h7,9,11-12H,6,8H2,1-4H3. The number of allylic oxidation sites excluding steroid dienone is 1. The molecule has 0 heteroatoms. The molecule has 1 aliphatic rings. The first kappa shape index (κ1) is 9.61. The van der Waals surface area contributed by atoms with Gasteiger partial charge in [-0.25, -0.2) is 0 Å². The van der Waals surface area contributed by atoms with Crippen LogP contribution in [0.3, 0.4) is 0 Å². The molecule has 1 rings (SSSR count). The number of hydrogen-bond acceptors (Lipinski definition) is 0. The van der Waals surface area contributed by atoms with Crippen LogP contribution >= 0.6 is 0 Å². The first-order valence-electron chi connectivity index (χ1n) is 5.03. The number of hydrogen-bond donors (Lipinski definition) is 0. The lowest BCUT2D eigenvalue weighted by Crippen LogP contribution is -2.15. The van der Waals surface area contributed by atoms with Crippen molar-refractivity contribution in [2.75, 3.05) is 0 Å². The van der Waals surface area contributed by atoms with Crippen molar-refractivity contribution in [3.05, 3.63) is 17.4 Å². The van der Waals surface area contributed by atoms with Gasteiger partial charge in [0.2, 0.25) is 0 Å². The van der Waals surface area contributed by atoms with E-state index in [2.05, 4.69) is 39.5 Å². The highest BCUT2D eigenvalue weighted by Gasteiger charge is 2.19. The Bertz CT molecular complexity index is 204. The van der Waals surface area contributed by atoms with Gasteiger partial charge in [0.1, 0.15) is 0 Å². The van der Waals surface area contributed by atoms with Gasteiger partial charge in [0.05, 0.1) is 0 Å². The van der Waals surface area contributed by atoms with Crippen LogP contribution in [0, 0.1) is 17.8 Å². The Hall–Kier alpha value is -0.480. The summed E-state index contributed by atoms with van der Waals surface area (Å²) in [6.45, 7) is 9.16. The first-order chi connectivity index (χ1) is 5.61. The van der Waals surface area contributed by atoms with Crippen LogP contribution in [0.5, 0.6) is 0 Å². The highest BCUT2D eigenvalue weighted by molar-refractivity contribution is 5.04. The molecule has 0 saturated carbocycles. The van der Waals surface area contributed by atoms with Gasteiger partial charge in [-0.15, -0.1) is 5.73 Å². The van der Waals surface area contributed by atoms with Gasteiger partial charge in [0.25, 0.3) is 0 Å². The predicted octanol–water partition coefficient (Wildman–Crippen LogP) is 3.79. The molecule has 0 saturated heterocycles. The molecule has 12 heavy (non-hydrogen) atoms. The van der Waals surface area contributed by atoms with Crippen LogP contribution in [0.1, 0.15) is 40.5 Å². The van der Waals surface area contributed by atoms with Crippen molar-refractivity contribution in [2.45, 2.75) is 40.5 Å². The van der Waals surface area contributed by atoms with Gasteiger partial charge >= 0.3 is 0 Å². The second kappa shape index (κ2) is 3.96. The monoisotopic (exact) mass is 164 g/mol. The lowest BCUT2D eigenvalue weighted by atomic mass is 9.82. The van der Waals surface area contributed by atoms with E-state index in [4.69, 9.17) is 0 Å². The van der Waals surface area contributed by atoms with Crippen LogP contribution in [0.2, 0.25) is 0 Å². The zero-order chi connectivity index (χ0) is 9.14. The molecular weight excluding hydrogens is 144 g/mol. The van der Waals surface area contributed by atoms with E-state index in [-0.39, 0.29) is 0 Å². The minimum Gasteiger partial charge on any atom is -0.126 e. The van der Waals surface area contributed by atoms with Crippen LogP contribution in [-0.2, 0) is 0 Å². The third kappa shape index (κ3) is 2.25. The molecule has 2 unspecified atom stereocenters. The molecular formula is C12H20. The van der Waals surface area contributed by atoms with Crippen LogP contribution in [0.4, 0.5) is 0 Å². The van der Waals surface area contributed by atoms with Crippen molar-refractivity contribution in [1.82, 2.24) is 0 Å². The maximum Gasteiger partial charge on any atom is -0.0155 e. The van der Waals surface area contributed by atoms with Gasteiger partial charge in [0, 0.05) is 0 Å². The third-order valence-electron chi connectivity index (χ3n) is 2.98. The molecule has 0 aromatic rings. The summed E-state index contributed by atoms with van der Waals surface area (Å²) in [4.78, 5) is 0. The van der Waals surface area contributed by atoms with Crippen LogP contribution in [-0.4, -0.2) is 0 Å². The van der Waals surface area contributed by atoms with Crippen LogP contribution < -0.4 is 0 Å². The third-order valence-corrected chi connectivity index (χ3v) is 2.98. The summed E-state index contributed by atoms with van der Waals surface area (Å²) < 4.78 is 0. The quantitative estimate of drug-likeness (QED) is 0.517. The summed E-state index contributed by atoms with van der Waals surface area (Å²) in [6.07, 6.45) is 4.84. The Morgan fingerprint density at radius 3 is 2.75 bits per heavy atom. The zero-order valence-electron chi connectivity index (χ0n) is 8.72. The fourth-order valence-corrected chi connectivity index (χ4v) is 2.06. The summed E-state index contributed by atoms with van der Waals surface area (Å²) in [7, 11) is 0. The second-order valence-corrected chi connectivity index (χ2v) is 4.40. The molecule has 0 nitrogen and oxygen atoms in total. The Labute approximate surface area is 76.4 Å². The lowest BCUT2D eigenvalue weighted by Gasteiger charge is -2.23. The average molecular weight is 164 g/mol. The average Bonchev–Trinajstić information content (AvgIpc) is 2.14. The molecule has 0 radical (unpaired) electrons. The van der Waals surface area contributed by atoms with Crippen molar-refractivity contribution in [3.63, 3.8) is 0 Å². The Kier molecular flexibility index (Phi) is 3.17. The summed E-state index contributed by atoms with van der Waals surface area (Å²) in [5.74, 6) is 2.38. The minimum absolute atomic E-state index is 0.711. The molecule has 0 heterocycles. The van der Waals surface area contributed by atoms with E-state index in [1.165, 1.54) is 18.4 Å². The molecule has 0 amide bonds. The van der Waals surface area contributed by atoms with E-state index in [9.17, 15) is 0 Å². The highest BCUT2D eigenvalue weighted by atomic mass is 14.2. The van der Waals surface area contributed by atoms with Crippen molar-refractivity contribution in [2.24, 2.45) is 17.8 Å². The maximum atomic E-state index is 3.37. The molecule has 2 atom stereocenters. The molecule has 1 aliphatic carbocycles. The smallest absolute Gasteiger partial charge is 0.0155 e. The van der Waals surface area contributed by atoms with E-state index in [1.807, 2.05) is 0 Å². The highest BCUT2D eigenvalue weighted by Crippen LogP contribution is 2.29. The normalized spacial score (nSPS) is 30.2. The topological polar surface area (TPSA) is 0 Å². The summed E-state index contributed by atoms with van der Waals surface area (Å²) >= 11 is 0. The maximum absolute atomic E-state index is 3.37. The molecule has 0 aromatic carbocycles. The number of rotatable bonds is 1. The van der Waals surface area contributed by atoms with Crippen molar-refractivity contribution in [3.8, 4) is 0 Å². The van der Waals surface area contributed by atoms with Gasteiger partial charge < -0.3 is 0 Å². The van der Waals surface area contributed by atoms with E-state index in [1.54, 1.807) is 0 Å². The second-order valence-electron chi connectivity index (χ2n) is 4.40. The predicted molar refractivity (Wildman–Crippen MR) is 54.0 cm³/mol. The van der Waals surface area contributed by atoms with Crippen molar-refractivity contribution < 1.29 is 0 Å². The van der Waals surface area contributed by atoms with E-state index >= 15 is 0 Å². The van der Waals surface area contributed by atoms with Crippen LogP contribution in [0.15, 0.2) is 17.4 Å². The van der Waals surface area contributed by atoms with Crippen molar-refractivity contribution in [1.29, 1.82) is 0 Å². The molecule has 0 bridgehead atoms. The van der Waals surface area contributed by atoms with Crippen molar-refractivity contribution >= 4 is 0 Å². The molecule has 0 aliphatic heterocycles. The minimum atomic E-state index is 0.711. The first-order valence-corrected chi connectivity index (χ1v) is 5.03. The van der Waals surface area contributed by atoms with E-state index in [0.717, 1.165) is 11.8 Å². The molecule has 0 fully saturated rings. The molecule has 0 aromatic heterocycles. The molecule has 68 valence electrons. The Morgan fingerprint density at radius 1 is 1.50 bits per heavy atom. The molecule has 0 N–H and O–H groups in total. The SMILES string of the molecule is CC1=C=CC(C)C(C(C)C)CC1. The lowest BCUT2D eigenvalue weighted by molar-refractivity contribution is 0.295. The van der Waals surface area contributed by atoms with E-state index in [0.29, 0.717) is 5.92 Å². The Morgan fingerprint density at radius 2 is 2.17 bits per heavy atom. The van der Waals surface area contributed by atoms with Crippen LogP contribution in [0.25, 0.3) is 0 Å².